The number of carbonyl (C=O) groups is 3. The van der Waals surface area contributed by atoms with Gasteiger partial charge in [-0.05, 0) is 37.0 Å². The molecule has 1 unspecified atom stereocenters. The van der Waals surface area contributed by atoms with E-state index in [2.05, 4.69) is 0 Å². The van der Waals surface area contributed by atoms with Gasteiger partial charge in [-0.2, -0.15) is 0 Å². The SMILES string of the molecule is CCOC(=O)CCCOc1cc2c(cc1OC)C(=O)N1Cc3ccccc3C[C@H]1C(O)N2C(=O)O. The minimum atomic E-state index is -1.49. The number of hydrogen-bond donors (Lipinski definition) is 2. The summed E-state index contributed by atoms with van der Waals surface area (Å²) in [6.07, 6.45) is -2.04. The lowest BCUT2D eigenvalue weighted by molar-refractivity contribution is -0.143. The summed E-state index contributed by atoms with van der Waals surface area (Å²) in [5, 5.41) is 21.2. The molecule has 0 fully saturated rings. The maximum atomic E-state index is 13.6. The van der Waals surface area contributed by atoms with Gasteiger partial charge in [0.05, 0.1) is 37.6 Å². The fourth-order valence-corrected chi connectivity index (χ4v) is 4.55. The lowest BCUT2D eigenvalue weighted by Crippen LogP contribution is -2.55. The van der Waals surface area contributed by atoms with Gasteiger partial charge in [0.15, 0.2) is 17.7 Å². The summed E-state index contributed by atoms with van der Waals surface area (Å²) in [7, 11) is 1.41. The first-order chi connectivity index (χ1) is 16.8. The molecule has 10 nitrogen and oxygen atoms in total. The number of anilines is 1. The number of hydrogen-bond acceptors (Lipinski definition) is 7. The molecule has 2 aliphatic rings. The Morgan fingerprint density at radius 3 is 2.57 bits per heavy atom. The van der Waals surface area contributed by atoms with Crippen LogP contribution in [0, 0.1) is 0 Å². The number of fused-ring (bicyclic) bond motifs is 3. The van der Waals surface area contributed by atoms with Crippen molar-refractivity contribution in [2.45, 2.75) is 45.0 Å². The van der Waals surface area contributed by atoms with Crippen molar-refractivity contribution >= 4 is 23.7 Å². The molecule has 2 aromatic carbocycles. The normalized spacial score (nSPS) is 18.7. The average Bonchev–Trinajstić information content (AvgIpc) is 2.93. The van der Waals surface area contributed by atoms with Crippen LogP contribution in [0.3, 0.4) is 0 Å². The summed E-state index contributed by atoms with van der Waals surface area (Å²) in [4.78, 5) is 39.8. The number of carbonyl (C=O) groups excluding carboxylic acids is 2. The van der Waals surface area contributed by atoms with E-state index in [1.54, 1.807) is 6.92 Å². The number of aliphatic hydroxyl groups is 1. The molecule has 0 saturated carbocycles. The van der Waals surface area contributed by atoms with Gasteiger partial charge in [-0.25, -0.2) is 9.69 Å². The molecule has 2 aliphatic heterocycles. The number of esters is 1. The topological polar surface area (TPSA) is 126 Å². The molecule has 2 aromatic rings. The van der Waals surface area contributed by atoms with Crippen LogP contribution in [0.2, 0.25) is 0 Å². The molecule has 2 atom stereocenters. The van der Waals surface area contributed by atoms with Crippen LogP contribution < -0.4 is 14.4 Å². The van der Waals surface area contributed by atoms with Gasteiger partial charge in [0.2, 0.25) is 0 Å². The number of amides is 2. The monoisotopic (exact) mass is 484 g/mol. The number of rotatable bonds is 7. The third kappa shape index (κ3) is 4.74. The van der Waals surface area contributed by atoms with Gasteiger partial charge in [0, 0.05) is 19.0 Å². The van der Waals surface area contributed by atoms with Crippen LogP contribution in [0.1, 0.15) is 41.3 Å². The summed E-state index contributed by atoms with van der Waals surface area (Å²) >= 11 is 0. The van der Waals surface area contributed by atoms with Gasteiger partial charge >= 0.3 is 12.1 Å². The predicted octanol–water partition coefficient (Wildman–Crippen LogP) is 2.80. The van der Waals surface area contributed by atoms with E-state index in [0.29, 0.717) is 19.4 Å². The molecule has 10 heteroatoms. The second-order valence-electron chi connectivity index (χ2n) is 8.32. The van der Waals surface area contributed by atoms with Gasteiger partial charge in [0.1, 0.15) is 0 Å². The highest BCUT2D eigenvalue weighted by atomic mass is 16.5. The molecule has 0 aromatic heterocycles. The molecular weight excluding hydrogens is 456 g/mol. The average molecular weight is 485 g/mol. The van der Waals surface area contributed by atoms with E-state index in [-0.39, 0.29) is 48.3 Å². The zero-order valence-corrected chi connectivity index (χ0v) is 19.6. The molecule has 2 heterocycles. The molecule has 2 amide bonds. The van der Waals surface area contributed by atoms with Crippen molar-refractivity contribution in [2.24, 2.45) is 0 Å². The molecule has 35 heavy (non-hydrogen) atoms. The number of methoxy groups -OCH3 is 1. The Hall–Kier alpha value is -3.79. The zero-order chi connectivity index (χ0) is 25.1. The lowest BCUT2D eigenvalue weighted by Gasteiger charge is -2.39. The van der Waals surface area contributed by atoms with Crippen LogP contribution in [-0.2, 0) is 22.5 Å². The van der Waals surface area contributed by atoms with Crippen molar-refractivity contribution in [3.8, 4) is 11.5 Å². The van der Waals surface area contributed by atoms with Crippen molar-refractivity contribution in [2.75, 3.05) is 25.2 Å². The van der Waals surface area contributed by atoms with E-state index in [0.717, 1.165) is 16.0 Å². The highest BCUT2D eigenvalue weighted by molar-refractivity contribution is 6.05. The van der Waals surface area contributed by atoms with E-state index in [9.17, 15) is 24.6 Å². The van der Waals surface area contributed by atoms with Gasteiger partial charge in [-0.3, -0.25) is 9.59 Å². The van der Waals surface area contributed by atoms with Crippen LogP contribution >= 0.6 is 0 Å². The van der Waals surface area contributed by atoms with E-state index in [1.165, 1.54) is 24.1 Å². The first kappa shape index (κ1) is 24.3. The number of ether oxygens (including phenoxy) is 3. The smallest absolute Gasteiger partial charge is 0.414 e. The number of benzene rings is 2. The molecule has 0 radical (unpaired) electrons. The first-order valence-corrected chi connectivity index (χ1v) is 11.4. The van der Waals surface area contributed by atoms with Crippen LogP contribution in [0.4, 0.5) is 10.5 Å². The molecule has 2 N–H and O–H groups in total. The van der Waals surface area contributed by atoms with Gasteiger partial charge in [-0.1, -0.05) is 24.3 Å². The van der Waals surface area contributed by atoms with E-state index >= 15 is 0 Å². The summed E-state index contributed by atoms with van der Waals surface area (Å²) in [5.41, 5.74) is 2.00. The highest BCUT2D eigenvalue weighted by Gasteiger charge is 2.44. The summed E-state index contributed by atoms with van der Waals surface area (Å²) in [6.45, 7) is 2.41. The molecule has 0 aliphatic carbocycles. The van der Waals surface area contributed by atoms with Crippen molar-refractivity contribution < 1.29 is 38.8 Å². The second kappa shape index (κ2) is 10.2. The third-order valence-corrected chi connectivity index (χ3v) is 6.22. The number of aliphatic hydroxyl groups excluding tert-OH is 1. The Bertz CT molecular complexity index is 1130. The Morgan fingerprint density at radius 1 is 1.14 bits per heavy atom. The molecule has 186 valence electrons. The number of nitrogens with zero attached hydrogens (tertiary/aromatic N) is 2. The van der Waals surface area contributed by atoms with E-state index in [4.69, 9.17) is 14.2 Å². The lowest BCUT2D eigenvalue weighted by atomic mass is 9.93. The van der Waals surface area contributed by atoms with Crippen LogP contribution in [-0.4, -0.2) is 65.7 Å². The van der Waals surface area contributed by atoms with Gasteiger partial charge in [-0.15, -0.1) is 0 Å². The van der Waals surface area contributed by atoms with Crippen LogP contribution in [0.25, 0.3) is 0 Å². The Morgan fingerprint density at radius 2 is 1.89 bits per heavy atom. The molecular formula is C25H28N2O8. The van der Waals surface area contributed by atoms with Gasteiger partial charge < -0.3 is 29.3 Å². The van der Waals surface area contributed by atoms with Crippen LogP contribution in [0.15, 0.2) is 36.4 Å². The van der Waals surface area contributed by atoms with Crippen molar-refractivity contribution in [3.05, 3.63) is 53.1 Å². The Kier molecular flexibility index (Phi) is 7.11. The predicted molar refractivity (Wildman–Crippen MR) is 125 cm³/mol. The van der Waals surface area contributed by atoms with Crippen molar-refractivity contribution in [1.82, 2.24) is 4.90 Å². The Labute approximate surface area is 202 Å². The maximum Gasteiger partial charge on any atom is 0.414 e. The Balaban J connectivity index is 1.68. The third-order valence-electron chi connectivity index (χ3n) is 6.22. The quantitative estimate of drug-likeness (QED) is 0.454. The fourth-order valence-electron chi connectivity index (χ4n) is 4.55. The van der Waals surface area contributed by atoms with Crippen molar-refractivity contribution in [1.29, 1.82) is 0 Å². The minimum absolute atomic E-state index is 0.00893. The summed E-state index contributed by atoms with van der Waals surface area (Å²) < 4.78 is 16.1. The maximum absolute atomic E-state index is 13.6. The van der Waals surface area contributed by atoms with Crippen molar-refractivity contribution in [3.63, 3.8) is 0 Å². The summed E-state index contributed by atoms with van der Waals surface area (Å²) in [6, 6.07) is 9.64. The molecule has 0 bridgehead atoms. The molecule has 0 saturated heterocycles. The molecule has 4 rings (SSSR count). The minimum Gasteiger partial charge on any atom is -0.493 e. The van der Waals surface area contributed by atoms with E-state index < -0.39 is 24.3 Å². The zero-order valence-electron chi connectivity index (χ0n) is 19.6. The fraction of sp³-hybridized carbons (Fsp3) is 0.400. The molecule has 0 spiro atoms. The summed E-state index contributed by atoms with van der Waals surface area (Å²) in [5.74, 6) is -0.309. The first-order valence-electron chi connectivity index (χ1n) is 11.4. The second-order valence-corrected chi connectivity index (χ2v) is 8.32. The van der Waals surface area contributed by atoms with E-state index in [1.807, 2.05) is 24.3 Å². The highest BCUT2D eigenvalue weighted by Crippen LogP contribution is 2.41. The largest absolute Gasteiger partial charge is 0.493 e. The standard InChI is InChI=1S/C25H28N2O8/c1-3-34-22(28)9-6-10-35-21-13-18-17(12-20(21)33-2)23(29)26-14-16-8-5-4-7-15(16)11-19(26)24(30)27(18)25(31)32/h4-5,7-8,12-13,19,24,30H,3,6,9-11,14H2,1-2H3,(H,31,32)/t19-,24?/m0/s1. The van der Waals surface area contributed by atoms with Crippen LogP contribution in [0.5, 0.6) is 11.5 Å². The number of carboxylic acid groups (broad SMARTS) is 1. The van der Waals surface area contributed by atoms with Gasteiger partial charge in [0.25, 0.3) is 5.91 Å².